The number of hydrogen-bond acceptors (Lipinski definition) is 4. The van der Waals surface area contributed by atoms with E-state index in [9.17, 15) is 9.90 Å². The number of rotatable bonds is 6. The van der Waals surface area contributed by atoms with Gasteiger partial charge in [-0.25, -0.2) is 4.79 Å². The lowest BCUT2D eigenvalue weighted by atomic mass is 10.1. The van der Waals surface area contributed by atoms with E-state index in [0.717, 1.165) is 25.7 Å². The van der Waals surface area contributed by atoms with Gasteiger partial charge in [0.15, 0.2) is 0 Å². The SMILES string of the molecule is O=C(O)c1ccccc1OCCNC1CCCCCC1O. The second-order valence-electron chi connectivity index (χ2n) is 5.42. The number of aliphatic hydroxyl groups excluding tert-OH is 1. The van der Waals surface area contributed by atoms with E-state index in [0.29, 0.717) is 18.9 Å². The Labute approximate surface area is 124 Å². The van der Waals surface area contributed by atoms with Gasteiger partial charge in [0.1, 0.15) is 17.9 Å². The van der Waals surface area contributed by atoms with Crippen molar-refractivity contribution in [3.63, 3.8) is 0 Å². The Morgan fingerprint density at radius 2 is 2.00 bits per heavy atom. The molecule has 1 fully saturated rings. The highest BCUT2D eigenvalue weighted by atomic mass is 16.5. The quantitative estimate of drug-likeness (QED) is 0.552. The molecule has 2 rings (SSSR count). The minimum atomic E-state index is -0.988. The fraction of sp³-hybridized carbons (Fsp3) is 0.562. The van der Waals surface area contributed by atoms with Crippen molar-refractivity contribution in [2.75, 3.05) is 13.2 Å². The van der Waals surface area contributed by atoms with Gasteiger partial charge in [-0.15, -0.1) is 0 Å². The van der Waals surface area contributed by atoms with E-state index in [1.54, 1.807) is 18.2 Å². The molecule has 3 N–H and O–H groups in total. The number of aromatic carboxylic acids is 1. The van der Waals surface area contributed by atoms with Crippen molar-refractivity contribution >= 4 is 5.97 Å². The monoisotopic (exact) mass is 293 g/mol. The smallest absolute Gasteiger partial charge is 0.339 e. The molecule has 1 aliphatic carbocycles. The number of carbonyl (C=O) groups is 1. The molecule has 5 nitrogen and oxygen atoms in total. The van der Waals surface area contributed by atoms with Gasteiger partial charge in [0.25, 0.3) is 0 Å². The molecule has 21 heavy (non-hydrogen) atoms. The first kappa shape index (κ1) is 15.8. The Balaban J connectivity index is 1.78. The first-order chi connectivity index (χ1) is 10.2. The first-order valence-electron chi connectivity index (χ1n) is 7.55. The molecule has 1 saturated carbocycles. The average molecular weight is 293 g/mol. The van der Waals surface area contributed by atoms with Crippen molar-refractivity contribution in [2.45, 2.75) is 44.2 Å². The van der Waals surface area contributed by atoms with Crippen LogP contribution < -0.4 is 10.1 Å². The standard InChI is InChI=1S/C16H23NO4/c18-14-8-3-1-2-7-13(14)17-10-11-21-15-9-5-4-6-12(15)16(19)20/h4-6,9,13-14,17-18H,1-3,7-8,10-11H2,(H,19,20). The van der Waals surface area contributed by atoms with Gasteiger partial charge in [0.05, 0.1) is 6.10 Å². The van der Waals surface area contributed by atoms with Gasteiger partial charge in [-0.2, -0.15) is 0 Å². The summed E-state index contributed by atoms with van der Waals surface area (Å²) in [4.78, 5) is 11.1. The molecule has 0 heterocycles. The second kappa shape index (κ2) is 8.00. The number of aliphatic hydroxyl groups is 1. The third-order valence-corrected chi connectivity index (χ3v) is 3.86. The van der Waals surface area contributed by atoms with Gasteiger partial charge in [-0.3, -0.25) is 0 Å². The zero-order valence-corrected chi connectivity index (χ0v) is 12.1. The summed E-state index contributed by atoms with van der Waals surface area (Å²) in [7, 11) is 0. The summed E-state index contributed by atoms with van der Waals surface area (Å²) >= 11 is 0. The summed E-state index contributed by atoms with van der Waals surface area (Å²) in [5.74, 6) is -0.606. The Kier molecular flexibility index (Phi) is 6.02. The summed E-state index contributed by atoms with van der Waals surface area (Å²) in [6.45, 7) is 0.975. The van der Waals surface area contributed by atoms with Crippen LogP contribution >= 0.6 is 0 Å². The molecular formula is C16H23NO4. The fourth-order valence-electron chi connectivity index (χ4n) is 2.70. The molecule has 0 aromatic heterocycles. The lowest BCUT2D eigenvalue weighted by Gasteiger charge is -2.22. The number of nitrogens with one attached hydrogen (secondary N) is 1. The molecule has 0 aliphatic heterocycles. The number of carboxylic acid groups (broad SMARTS) is 1. The molecule has 0 amide bonds. The summed E-state index contributed by atoms with van der Waals surface area (Å²) in [5.41, 5.74) is 0.173. The third kappa shape index (κ3) is 4.72. The Morgan fingerprint density at radius 3 is 2.81 bits per heavy atom. The van der Waals surface area contributed by atoms with Crippen LogP contribution in [0.2, 0.25) is 0 Å². The van der Waals surface area contributed by atoms with Crippen molar-refractivity contribution in [2.24, 2.45) is 0 Å². The highest BCUT2D eigenvalue weighted by molar-refractivity contribution is 5.90. The van der Waals surface area contributed by atoms with E-state index in [4.69, 9.17) is 9.84 Å². The Bertz CT molecular complexity index is 463. The zero-order chi connectivity index (χ0) is 15.1. The molecule has 5 heteroatoms. The van der Waals surface area contributed by atoms with Crippen LogP contribution in [0.4, 0.5) is 0 Å². The van der Waals surface area contributed by atoms with Gasteiger partial charge < -0.3 is 20.3 Å². The number of hydrogen-bond donors (Lipinski definition) is 3. The maximum absolute atomic E-state index is 11.1. The van der Waals surface area contributed by atoms with Gasteiger partial charge in [0.2, 0.25) is 0 Å². The maximum atomic E-state index is 11.1. The molecule has 116 valence electrons. The van der Waals surface area contributed by atoms with Crippen molar-refractivity contribution in [3.05, 3.63) is 29.8 Å². The highest BCUT2D eigenvalue weighted by Crippen LogP contribution is 2.19. The molecule has 0 spiro atoms. The van der Waals surface area contributed by atoms with Crippen LogP contribution in [-0.4, -0.2) is 41.5 Å². The van der Waals surface area contributed by atoms with Gasteiger partial charge in [-0.05, 0) is 25.0 Å². The molecule has 1 aliphatic rings. The summed E-state index contributed by atoms with van der Waals surface area (Å²) in [6.07, 6.45) is 4.93. The lowest BCUT2D eigenvalue weighted by molar-refractivity contribution is 0.0692. The highest BCUT2D eigenvalue weighted by Gasteiger charge is 2.20. The van der Waals surface area contributed by atoms with Crippen molar-refractivity contribution < 1.29 is 19.7 Å². The van der Waals surface area contributed by atoms with Crippen LogP contribution in [0, 0.1) is 0 Å². The maximum Gasteiger partial charge on any atom is 0.339 e. The predicted molar refractivity (Wildman–Crippen MR) is 79.8 cm³/mol. The van der Waals surface area contributed by atoms with E-state index in [-0.39, 0.29) is 17.7 Å². The van der Waals surface area contributed by atoms with Gasteiger partial charge in [0, 0.05) is 12.6 Å². The predicted octanol–water partition coefficient (Wildman–Crippen LogP) is 2.05. The molecule has 1 aromatic carbocycles. The average Bonchev–Trinajstić information content (AvgIpc) is 2.68. The summed E-state index contributed by atoms with van der Waals surface area (Å²) in [5, 5.41) is 22.4. The van der Waals surface area contributed by atoms with E-state index in [1.165, 1.54) is 12.5 Å². The fourth-order valence-corrected chi connectivity index (χ4v) is 2.70. The molecule has 0 radical (unpaired) electrons. The van der Waals surface area contributed by atoms with Crippen LogP contribution in [0.1, 0.15) is 42.5 Å². The van der Waals surface area contributed by atoms with E-state index >= 15 is 0 Å². The zero-order valence-electron chi connectivity index (χ0n) is 12.1. The Morgan fingerprint density at radius 1 is 1.24 bits per heavy atom. The van der Waals surface area contributed by atoms with E-state index < -0.39 is 5.97 Å². The number of para-hydroxylation sites is 1. The van der Waals surface area contributed by atoms with E-state index in [1.807, 2.05) is 0 Å². The van der Waals surface area contributed by atoms with Crippen molar-refractivity contribution in [3.8, 4) is 5.75 Å². The summed E-state index contributed by atoms with van der Waals surface area (Å²) < 4.78 is 5.53. The van der Waals surface area contributed by atoms with Crippen molar-refractivity contribution in [1.29, 1.82) is 0 Å². The van der Waals surface area contributed by atoms with Crippen molar-refractivity contribution in [1.82, 2.24) is 5.32 Å². The summed E-state index contributed by atoms with van der Waals surface area (Å²) in [6, 6.07) is 6.73. The molecule has 2 unspecified atom stereocenters. The number of carboxylic acids is 1. The molecule has 2 atom stereocenters. The molecule has 0 bridgehead atoms. The molecule has 0 saturated heterocycles. The van der Waals surface area contributed by atoms with Crippen LogP contribution in [0.25, 0.3) is 0 Å². The second-order valence-corrected chi connectivity index (χ2v) is 5.42. The topological polar surface area (TPSA) is 78.8 Å². The van der Waals surface area contributed by atoms with Gasteiger partial charge in [-0.1, -0.05) is 31.4 Å². The van der Waals surface area contributed by atoms with E-state index in [2.05, 4.69) is 5.32 Å². The minimum absolute atomic E-state index is 0.116. The first-order valence-corrected chi connectivity index (χ1v) is 7.55. The minimum Gasteiger partial charge on any atom is -0.491 e. The molecular weight excluding hydrogens is 270 g/mol. The van der Waals surface area contributed by atoms with Crippen LogP contribution in [0.15, 0.2) is 24.3 Å². The van der Waals surface area contributed by atoms with Crippen LogP contribution in [0.3, 0.4) is 0 Å². The number of ether oxygens (including phenoxy) is 1. The van der Waals surface area contributed by atoms with Crippen LogP contribution in [0.5, 0.6) is 5.75 Å². The molecule has 1 aromatic rings. The Hall–Kier alpha value is -1.59. The van der Waals surface area contributed by atoms with Crippen LogP contribution in [-0.2, 0) is 0 Å². The largest absolute Gasteiger partial charge is 0.491 e. The third-order valence-electron chi connectivity index (χ3n) is 3.86. The lowest BCUT2D eigenvalue weighted by Crippen LogP contribution is -2.41. The normalized spacial score (nSPS) is 22.5. The van der Waals surface area contributed by atoms with Gasteiger partial charge >= 0.3 is 5.97 Å². The number of benzene rings is 1.